The number of ether oxygens (including phenoxy) is 1. The SMILES string of the molecule is Cc1nc2c3c(nc(Cl)c(F)c3c1C)OC[C@@H]1[C@@H]3CC[C@](CO)(CN21)N3Cc1ccccc1. The van der Waals surface area contributed by atoms with Crippen LogP contribution in [-0.2, 0) is 6.54 Å². The number of aryl methyl sites for hydroxylation is 2. The van der Waals surface area contributed by atoms with Gasteiger partial charge in [0.1, 0.15) is 12.4 Å². The first-order valence-corrected chi connectivity index (χ1v) is 11.8. The lowest BCUT2D eigenvalue weighted by Gasteiger charge is -2.52. The summed E-state index contributed by atoms with van der Waals surface area (Å²) in [6.07, 6.45) is 1.84. The first-order valence-electron chi connectivity index (χ1n) is 11.4. The van der Waals surface area contributed by atoms with Crippen molar-refractivity contribution in [3.05, 3.63) is 58.1 Å². The van der Waals surface area contributed by atoms with Gasteiger partial charge in [0.2, 0.25) is 5.88 Å². The van der Waals surface area contributed by atoms with Crippen LogP contribution in [0.1, 0.15) is 29.7 Å². The number of benzene rings is 1. The highest BCUT2D eigenvalue weighted by molar-refractivity contribution is 6.30. The van der Waals surface area contributed by atoms with Crippen molar-refractivity contribution in [1.82, 2.24) is 14.9 Å². The summed E-state index contributed by atoms with van der Waals surface area (Å²) in [6.45, 7) is 5.54. The molecule has 3 aliphatic rings. The maximum atomic E-state index is 15.2. The quantitative estimate of drug-likeness (QED) is 0.586. The third-order valence-electron chi connectivity index (χ3n) is 7.86. The second-order valence-corrected chi connectivity index (χ2v) is 9.88. The molecule has 0 amide bonds. The van der Waals surface area contributed by atoms with Crippen molar-refractivity contribution in [2.75, 3.05) is 24.7 Å². The Bertz CT molecular complexity index is 1250. The Morgan fingerprint density at radius 3 is 2.73 bits per heavy atom. The number of halogens is 2. The number of piperazine rings is 1. The van der Waals surface area contributed by atoms with Gasteiger partial charge in [0.25, 0.3) is 0 Å². The fourth-order valence-corrected chi connectivity index (χ4v) is 6.20. The molecule has 0 aliphatic carbocycles. The predicted molar refractivity (Wildman–Crippen MR) is 125 cm³/mol. The third kappa shape index (κ3) is 2.99. The highest BCUT2D eigenvalue weighted by Crippen LogP contribution is 2.48. The van der Waals surface area contributed by atoms with E-state index in [2.05, 4.69) is 26.9 Å². The Labute approximate surface area is 197 Å². The lowest BCUT2D eigenvalue weighted by atomic mass is 9.92. The van der Waals surface area contributed by atoms with Gasteiger partial charge < -0.3 is 14.7 Å². The summed E-state index contributed by atoms with van der Waals surface area (Å²) in [5, 5.41) is 11.4. The number of aromatic nitrogens is 2. The Balaban J connectivity index is 1.50. The zero-order chi connectivity index (χ0) is 22.9. The fraction of sp³-hybridized carbons (Fsp3) is 0.440. The molecule has 2 fully saturated rings. The molecule has 2 saturated heterocycles. The van der Waals surface area contributed by atoms with E-state index >= 15 is 4.39 Å². The molecule has 0 radical (unpaired) electrons. The zero-order valence-corrected chi connectivity index (χ0v) is 19.4. The Morgan fingerprint density at radius 1 is 1.18 bits per heavy atom. The highest BCUT2D eigenvalue weighted by Gasteiger charge is 2.56. The van der Waals surface area contributed by atoms with Crippen LogP contribution in [0.15, 0.2) is 30.3 Å². The molecule has 5 heterocycles. The van der Waals surface area contributed by atoms with E-state index in [0.717, 1.165) is 30.6 Å². The van der Waals surface area contributed by atoms with Crippen molar-refractivity contribution in [1.29, 1.82) is 0 Å². The van der Waals surface area contributed by atoms with Crippen molar-refractivity contribution in [2.45, 2.75) is 50.9 Å². The van der Waals surface area contributed by atoms with Gasteiger partial charge in [-0.25, -0.2) is 9.37 Å². The number of nitrogens with zero attached hydrogens (tertiary/aromatic N) is 4. The Morgan fingerprint density at radius 2 is 1.97 bits per heavy atom. The number of hydrogen-bond acceptors (Lipinski definition) is 6. The van der Waals surface area contributed by atoms with Gasteiger partial charge in [0, 0.05) is 30.2 Å². The average Bonchev–Trinajstić information content (AvgIpc) is 2.97. The zero-order valence-electron chi connectivity index (χ0n) is 18.7. The monoisotopic (exact) mass is 468 g/mol. The maximum Gasteiger partial charge on any atom is 0.226 e. The van der Waals surface area contributed by atoms with Crippen LogP contribution in [0.2, 0.25) is 5.15 Å². The van der Waals surface area contributed by atoms with Crippen LogP contribution in [0.4, 0.5) is 10.2 Å². The molecule has 0 spiro atoms. The van der Waals surface area contributed by atoms with Gasteiger partial charge in [0.05, 0.1) is 23.6 Å². The van der Waals surface area contributed by atoms with Gasteiger partial charge in [-0.05, 0) is 37.8 Å². The first-order chi connectivity index (χ1) is 15.9. The van der Waals surface area contributed by atoms with Crippen LogP contribution in [0.3, 0.4) is 0 Å². The summed E-state index contributed by atoms with van der Waals surface area (Å²) in [5.74, 6) is 0.474. The minimum absolute atomic E-state index is 0.00438. The van der Waals surface area contributed by atoms with Crippen molar-refractivity contribution in [3.8, 4) is 5.88 Å². The number of pyridine rings is 2. The van der Waals surface area contributed by atoms with Crippen LogP contribution in [0.25, 0.3) is 10.8 Å². The fourth-order valence-electron chi connectivity index (χ4n) is 6.03. The predicted octanol–water partition coefficient (Wildman–Crippen LogP) is 4.02. The van der Waals surface area contributed by atoms with Gasteiger partial charge in [-0.15, -0.1) is 0 Å². The van der Waals surface area contributed by atoms with E-state index < -0.39 is 11.4 Å². The minimum atomic E-state index is -0.538. The van der Waals surface area contributed by atoms with Crippen LogP contribution in [0, 0.1) is 19.7 Å². The molecule has 3 aliphatic heterocycles. The normalized spacial score (nSPS) is 26.3. The molecule has 2 bridgehead atoms. The molecular formula is C25H26ClFN4O2. The molecule has 0 unspecified atom stereocenters. The summed E-state index contributed by atoms with van der Waals surface area (Å²) in [6, 6.07) is 10.5. The van der Waals surface area contributed by atoms with E-state index in [1.54, 1.807) is 0 Å². The number of aliphatic hydroxyl groups excluding tert-OH is 1. The first kappa shape index (κ1) is 21.1. The molecule has 8 heteroatoms. The van der Waals surface area contributed by atoms with Crippen LogP contribution < -0.4 is 9.64 Å². The molecule has 3 atom stereocenters. The van der Waals surface area contributed by atoms with E-state index in [-0.39, 0.29) is 23.8 Å². The molecule has 3 aromatic rings. The lowest BCUT2D eigenvalue weighted by Crippen LogP contribution is -2.68. The van der Waals surface area contributed by atoms with Crippen molar-refractivity contribution in [2.24, 2.45) is 0 Å². The Kier molecular flexibility index (Phi) is 4.80. The molecule has 1 aromatic carbocycles. The number of aliphatic hydroxyl groups is 1. The van der Waals surface area contributed by atoms with E-state index in [9.17, 15) is 5.11 Å². The van der Waals surface area contributed by atoms with Crippen LogP contribution in [-0.4, -0.2) is 57.4 Å². The van der Waals surface area contributed by atoms with Gasteiger partial charge >= 0.3 is 0 Å². The summed E-state index contributed by atoms with van der Waals surface area (Å²) >= 11 is 6.16. The molecular weight excluding hydrogens is 443 g/mol. The van der Waals surface area contributed by atoms with Gasteiger partial charge in [-0.3, -0.25) is 4.90 Å². The molecule has 2 aromatic heterocycles. The third-order valence-corrected chi connectivity index (χ3v) is 8.11. The van der Waals surface area contributed by atoms with Crippen LogP contribution in [0.5, 0.6) is 5.88 Å². The van der Waals surface area contributed by atoms with Crippen molar-refractivity contribution in [3.63, 3.8) is 0 Å². The number of rotatable bonds is 3. The second kappa shape index (κ2) is 7.52. The van der Waals surface area contributed by atoms with Gasteiger partial charge in [-0.1, -0.05) is 41.9 Å². The maximum absolute atomic E-state index is 15.2. The van der Waals surface area contributed by atoms with Crippen molar-refractivity contribution < 1.29 is 14.2 Å². The highest BCUT2D eigenvalue weighted by atomic mass is 35.5. The topological polar surface area (TPSA) is 61.7 Å². The summed E-state index contributed by atoms with van der Waals surface area (Å²) in [7, 11) is 0. The summed E-state index contributed by atoms with van der Waals surface area (Å²) < 4.78 is 21.4. The minimum Gasteiger partial charge on any atom is -0.475 e. The lowest BCUT2D eigenvalue weighted by molar-refractivity contribution is 0.00185. The van der Waals surface area contributed by atoms with Gasteiger partial charge in [0.15, 0.2) is 11.0 Å². The molecule has 6 rings (SSSR count). The molecule has 6 nitrogen and oxygen atoms in total. The number of anilines is 1. The average molecular weight is 469 g/mol. The number of hydrogen-bond donors (Lipinski definition) is 1. The van der Waals surface area contributed by atoms with E-state index in [1.165, 1.54) is 5.56 Å². The molecule has 172 valence electrons. The number of fused-ring (bicyclic) bond motifs is 5. The summed E-state index contributed by atoms with van der Waals surface area (Å²) in [5.41, 5.74) is 2.31. The molecule has 33 heavy (non-hydrogen) atoms. The van der Waals surface area contributed by atoms with E-state index in [0.29, 0.717) is 35.6 Å². The largest absolute Gasteiger partial charge is 0.475 e. The van der Waals surface area contributed by atoms with Crippen molar-refractivity contribution >= 4 is 28.2 Å². The molecule has 0 saturated carbocycles. The smallest absolute Gasteiger partial charge is 0.226 e. The van der Waals surface area contributed by atoms with Crippen LogP contribution >= 0.6 is 11.6 Å². The summed E-state index contributed by atoms with van der Waals surface area (Å²) in [4.78, 5) is 13.8. The Hall–Kier alpha value is -2.48. The van der Waals surface area contributed by atoms with E-state index in [1.807, 2.05) is 32.0 Å². The molecule has 1 N–H and O–H groups in total. The van der Waals surface area contributed by atoms with E-state index in [4.69, 9.17) is 21.3 Å². The standard InChI is InChI=1S/C25H26ClFN4O2/c1-14-15(2)28-23-20-19(14)21(27)22(26)29-24(20)33-11-18-17-8-9-25(13-32,12-30(18)23)31(17)10-16-6-4-3-5-7-16/h3-7,17-18,32H,8-13H2,1-2H3/t17-,18+,25+/m0/s1. The second-order valence-electron chi connectivity index (χ2n) is 9.53. The van der Waals surface area contributed by atoms with Gasteiger partial charge in [-0.2, -0.15) is 4.98 Å².